The highest BCUT2D eigenvalue weighted by atomic mass is 35.5. The number of hydrogen-bond acceptors (Lipinski definition) is 2. The number of piperidine rings is 1. The van der Waals surface area contributed by atoms with Crippen LogP contribution in [0.2, 0.25) is 5.02 Å². The second-order valence-corrected chi connectivity index (χ2v) is 6.40. The van der Waals surface area contributed by atoms with Crippen molar-refractivity contribution in [1.82, 2.24) is 4.90 Å². The van der Waals surface area contributed by atoms with Crippen LogP contribution in [0.5, 0.6) is 0 Å². The molecule has 2 unspecified atom stereocenters. The minimum Gasteiger partial charge on any atom is -0.341 e. The van der Waals surface area contributed by atoms with Gasteiger partial charge in [-0.3, -0.25) is 4.79 Å². The number of nitrogens with two attached hydrogens (primary N) is 1. The molecule has 2 N–H and O–H groups in total. The van der Waals surface area contributed by atoms with E-state index in [1.54, 1.807) is 0 Å². The Balaban J connectivity index is 0.00000220. The van der Waals surface area contributed by atoms with Crippen molar-refractivity contribution in [3.8, 4) is 0 Å². The lowest BCUT2D eigenvalue weighted by atomic mass is 9.86. The van der Waals surface area contributed by atoms with E-state index in [2.05, 4.69) is 13.8 Å². The summed E-state index contributed by atoms with van der Waals surface area (Å²) in [6.45, 7) is 5.64. The minimum atomic E-state index is -0.140. The van der Waals surface area contributed by atoms with Crippen molar-refractivity contribution in [2.75, 3.05) is 13.1 Å². The Hall–Kier alpha value is -0.770. The molecule has 1 aliphatic rings. The van der Waals surface area contributed by atoms with E-state index in [9.17, 15) is 4.79 Å². The van der Waals surface area contributed by atoms with Crippen molar-refractivity contribution < 1.29 is 4.79 Å². The standard InChI is InChI=1S/C16H23ClN2O.ClH/c1-11(2)15(12-5-3-6-13(17)9-12)16(20)19-8-4-7-14(18)10-19;/h3,5-6,9,11,14-15H,4,7-8,10,18H2,1-2H3;1H. The smallest absolute Gasteiger partial charge is 0.230 e. The van der Waals surface area contributed by atoms with E-state index in [0.29, 0.717) is 11.6 Å². The molecule has 5 heteroatoms. The highest BCUT2D eigenvalue weighted by Gasteiger charge is 2.30. The highest BCUT2D eigenvalue weighted by Crippen LogP contribution is 2.29. The average Bonchev–Trinajstić information content (AvgIpc) is 2.38. The number of halogens is 2. The lowest BCUT2D eigenvalue weighted by Crippen LogP contribution is -2.48. The third-order valence-electron chi connectivity index (χ3n) is 3.91. The van der Waals surface area contributed by atoms with Gasteiger partial charge in [0.05, 0.1) is 5.92 Å². The van der Waals surface area contributed by atoms with Crippen LogP contribution in [0.15, 0.2) is 24.3 Å². The molecule has 0 aliphatic carbocycles. The number of hydrogen-bond donors (Lipinski definition) is 1. The quantitative estimate of drug-likeness (QED) is 0.922. The average molecular weight is 331 g/mol. The monoisotopic (exact) mass is 330 g/mol. The zero-order valence-corrected chi connectivity index (χ0v) is 14.2. The molecule has 0 bridgehead atoms. The van der Waals surface area contributed by atoms with Crippen molar-refractivity contribution in [2.45, 2.75) is 38.6 Å². The summed E-state index contributed by atoms with van der Waals surface area (Å²) in [6.07, 6.45) is 2.00. The van der Waals surface area contributed by atoms with Gasteiger partial charge >= 0.3 is 0 Å². The third-order valence-corrected chi connectivity index (χ3v) is 4.15. The van der Waals surface area contributed by atoms with Gasteiger partial charge in [-0.15, -0.1) is 12.4 Å². The van der Waals surface area contributed by atoms with Gasteiger partial charge in [0.25, 0.3) is 0 Å². The van der Waals surface area contributed by atoms with E-state index in [4.69, 9.17) is 17.3 Å². The van der Waals surface area contributed by atoms with E-state index in [0.717, 1.165) is 24.9 Å². The molecule has 1 heterocycles. The summed E-state index contributed by atoms with van der Waals surface area (Å²) >= 11 is 6.06. The van der Waals surface area contributed by atoms with Crippen molar-refractivity contribution in [1.29, 1.82) is 0 Å². The number of likely N-dealkylation sites (tertiary alicyclic amines) is 1. The Morgan fingerprint density at radius 1 is 1.43 bits per heavy atom. The van der Waals surface area contributed by atoms with Crippen LogP contribution in [0.1, 0.15) is 38.2 Å². The lowest BCUT2D eigenvalue weighted by Gasteiger charge is -2.34. The molecule has 1 saturated heterocycles. The zero-order valence-electron chi connectivity index (χ0n) is 12.6. The van der Waals surface area contributed by atoms with Gasteiger partial charge in [0.2, 0.25) is 5.91 Å². The van der Waals surface area contributed by atoms with Crippen molar-refractivity contribution >= 4 is 29.9 Å². The molecule has 21 heavy (non-hydrogen) atoms. The number of benzene rings is 1. The summed E-state index contributed by atoms with van der Waals surface area (Å²) in [5.41, 5.74) is 6.98. The molecular formula is C16H24Cl2N2O. The first-order valence-electron chi connectivity index (χ1n) is 7.29. The van der Waals surface area contributed by atoms with Crippen LogP contribution in [0.3, 0.4) is 0 Å². The molecule has 1 fully saturated rings. The maximum Gasteiger partial charge on any atom is 0.230 e. The maximum atomic E-state index is 12.8. The molecule has 3 nitrogen and oxygen atoms in total. The minimum absolute atomic E-state index is 0. The molecule has 2 atom stereocenters. The van der Waals surface area contributed by atoms with Gasteiger partial charge in [-0.05, 0) is 36.5 Å². The molecule has 118 valence electrons. The molecule has 1 amide bonds. The van der Waals surface area contributed by atoms with E-state index < -0.39 is 0 Å². The Morgan fingerprint density at radius 2 is 2.14 bits per heavy atom. The largest absolute Gasteiger partial charge is 0.341 e. The molecule has 0 aromatic heterocycles. The van der Waals surface area contributed by atoms with Crippen molar-refractivity contribution in [3.63, 3.8) is 0 Å². The fourth-order valence-electron chi connectivity index (χ4n) is 2.92. The van der Waals surface area contributed by atoms with E-state index >= 15 is 0 Å². The Bertz CT molecular complexity index is 479. The SMILES string of the molecule is CC(C)C(C(=O)N1CCCC(N)C1)c1cccc(Cl)c1.Cl. The summed E-state index contributed by atoms with van der Waals surface area (Å²) < 4.78 is 0. The number of rotatable bonds is 3. The van der Waals surface area contributed by atoms with Gasteiger partial charge in [-0.1, -0.05) is 37.6 Å². The predicted octanol–water partition coefficient (Wildman–Crippen LogP) is 3.45. The van der Waals surface area contributed by atoms with Crippen LogP contribution >= 0.6 is 24.0 Å². The number of amides is 1. The first-order valence-corrected chi connectivity index (χ1v) is 7.66. The molecule has 0 radical (unpaired) electrons. The van der Waals surface area contributed by atoms with Crippen LogP contribution in [0, 0.1) is 5.92 Å². The lowest BCUT2D eigenvalue weighted by molar-refractivity contribution is -0.135. The van der Waals surface area contributed by atoms with Crippen LogP contribution in [0.25, 0.3) is 0 Å². The Kier molecular flexibility index (Phi) is 6.98. The van der Waals surface area contributed by atoms with Crippen molar-refractivity contribution in [3.05, 3.63) is 34.9 Å². The van der Waals surface area contributed by atoms with Crippen molar-refractivity contribution in [2.24, 2.45) is 11.7 Å². The molecule has 1 aromatic rings. The van der Waals surface area contributed by atoms with Crippen LogP contribution in [-0.4, -0.2) is 29.9 Å². The predicted molar refractivity (Wildman–Crippen MR) is 90.1 cm³/mol. The summed E-state index contributed by atoms with van der Waals surface area (Å²) in [5.74, 6) is 0.274. The van der Waals surface area contributed by atoms with Gasteiger partial charge in [-0.2, -0.15) is 0 Å². The van der Waals surface area contributed by atoms with Gasteiger partial charge < -0.3 is 10.6 Å². The van der Waals surface area contributed by atoms with E-state index in [1.165, 1.54) is 0 Å². The fraction of sp³-hybridized carbons (Fsp3) is 0.562. The van der Waals surface area contributed by atoms with Gasteiger partial charge in [-0.25, -0.2) is 0 Å². The fourth-order valence-corrected chi connectivity index (χ4v) is 3.12. The van der Waals surface area contributed by atoms with Gasteiger partial charge in [0.15, 0.2) is 0 Å². The van der Waals surface area contributed by atoms with E-state index in [-0.39, 0.29) is 36.2 Å². The van der Waals surface area contributed by atoms with Crippen LogP contribution < -0.4 is 5.73 Å². The summed E-state index contributed by atoms with van der Waals surface area (Å²) in [4.78, 5) is 14.7. The molecule has 1 aliphatic heterocycles. The second-order valence-electron chi connectivity index (χ2n) is 5.96. The molecule has 0 spiro atoms. The first-order chi connectivity index (χ1) is 9.49. The Morgan fingerprint density at radius 3 is 2.71 bits per heavy atom. The molecule has 1 aromatic carbocycles. The normalized spacial score (nSPS) is 20.0. The Labute approximate surface area is 138 Å². The zero-order chi connectivity index (χ0) is 14.7. The van der Waals surface area contributed by atoms with Gasteiger partial charge in [0, 0.05) is 24.2 Å². The molecule has 0 saturated carbocycles. The summed E-state index contributed by atoms with van der Waals surface area (Å²) in [6, 6.07) is 7.73. The highest BCUT2D eigenvalue weighted by molar-refractivity contribution is 6.30. The topological polar surface area (TPSA) is 46.3 Å². The third kappa shape index (κ3) is 4.60. The summed E-state index contributed by atoms with van der Waals surface area (Å²) in [7, 11) is 0. The molecular weight excluding hydrogens is 307 g/mol. The number of nitrogens with zero attached hydrogens (tertiary/aromatic N) is 1. The van der Waals surface area contributed by atoms with Gasteiger partial charge in [0.1, 0.15) is 0 Å². The summed E-state index contributed by atoms with van der Waals surface area (Å²) in [5, 5.41) is 0.677. The molecule has 2 rings (SSSR count). The maximum absolute atomic E-state index is 12.8. The number of carbonyl (C=O) groups is 1. The second kappa shape index (κ2) is 8.02. The number of carbonyl (C=O) groups excluding carboxylic acids is 1. The van der Waals surface area contributed by atoms with Crippen LogP contribution in [-0.2, 0) is 4.79 Å². The van der Waals surface area contributed by atoms with E-state index in [1.807, 2.05) is 29.2 Å². The van der Waals surface area contributed by atoms with Crippen LogP contribution in [0.4, 0.5) is 0 Å². The first kappa shape index (κ1) is 18.3.